The summed E-state index contributed by atoms with van der Waals surface area (Å²) in [6.45, 7) is 3.83. The number of unbranched alkanes of at least 4 members (excludes halogenated alkanes) is 1. The van der Waals surface area contributed by atoms with Crippen LogP contribution in [0.4, 0.5) is 0 Å². The smallest absolute Gasteiger partial charge is 0.434 e. The Morgan fingerprint density at radius 3 is 2.69 bits per heavy atom. The third-order valence-corrected chi connectivity index (χ3v) is 4.20. The lowest BCUT2D eigenvalue weighted by atomic mass is 10.0. The van der Waals surface area contributed by atoms with E-state index in [0.717, 1.165) is 30.2 Å². The molecule has 0 aliphatic heterocycles. The van der Waals surface area contributed by atoms with Crippen molar-refractivity contribution in [1.82, 2.24) is 14.8 Å². The zero-order valence-corrected chi connectivity index (χ0v) is 14.5. The Hall–Kier alpha value is -3.16. The van der Waals surface area contributed by atoms with Gasteiger partial charge in [-0.2, -0.15) is 0 Å². The highest BCUT2D eigenvalue weighted by atomic mass is 16.4. The van der Waals surface area contributed by atoms with Crippen molar-refractivity contribution in [1.29, 1.82) is 0 Å². The first-order valence-electron chi connectivity index (χ1n) is 8.36. The van der Waals surface area contributed by atoms with Gasteiger partial charge in [-0.1, -0.05) is 19.4 Å². The number of carboxylic acid groups (broad SMARTS) is 1. The molecule has 0 bridgehead atoms. The van der Waals surface area contributed by atoms with E-state index in [4.69, 9.17) is 4.42 Å². The number of carbonyl (C=O) groups excluding carboxylic acids is 1. The van der Waals surface area contributed by atoms with Crippen LogP contribution >= 0.6 is 0 Å². The number of fused-ring (bicyclic) bond motifs is 1. The maximum Gasteiger partial charge on any atom is 0.434 e. The van der Waals surface area contributed by atoms with Gasteiger partial charge in [0.15, 0.2) is 0 Å². The normalized spacial score (nSPS) is 11.2. The molecule has 3 aromatic rings. The Labute approximate surface area is 148 Å². The number of H-pyrrole nitrogens is 1. The molecule has 0 fully saturated rings. The van der Waals surface area contributed by atoms with E-state index in [1.165, 1.54) is 4.57 Å². The highest BCUT2D eigenvalue weighted by Gasteiger charge is 2.22. The lowest BCUT2D eigenvalue weighted by Gasteiger charge is -2.10. The molecule has 8 nitrogen and oxygen atoms in total. The number of carbonyl (C=O) groups is 2. The average molecular weight is 357 g/mol. The van der Waals surface area contributed by atoms with Crippen LogP contribution in [-0.4, -0.2) is 31.7 Å². The van der Waals surface area contributed by atoms with Crippen molar-refractivity contribution in [2.75, 3.05) is 0 Å². The van der Waals surface area contributed by atoms with Crippen molar-refractivity contribution in [3.63, 3.8) is 0 Å². The van der Waals surface area contributed by atoms with Crippen LogP contribution in [0.3, 0.4) is 0 Å². The second-order valence-corrected chi connectivity index (χ2v) is 6.21. The molecular formula is C18H19N3O5. The van der Waals surface area contributed by atoms with Crippen molar-refractivity contribution >= 4 is 22.8 Å². The molecule has 0 saturated heterocycles. The van der Waals surface area contributed by atoms with E-state index in [0.29, 0.717) is 16.8 Å². The first kappa shape index (κ1) is 17.7. The molecule has 0 aliphatic carbocycles. The van der Waals surface area contributed by atoms with Crippen LogP contribution in [0.25, 0.3) is 10.9 Å². The molecule has 0 radical (unpaired) electrons. The zero-order valence-electron chi connectivity index (χ0n) is 14.5. The topological polar surface area (TPSA) is 118 Å². The Bertz CT molecular complexity index is 1040. The van der Waals surface area contributed by atoms with Gasteiger partial charge in [0.25, 0.3) is 0 Å². The molecule has 2 N–H and O–H groups in total. The lowest BCUT2D eigenvalue weighted by molar-refractivity contribution is -0.136. The van der Waals surface area contributed by atoms with Gasteiger partial charge in [-0.25, -0.2) is 9.89 Å². The van der Waals surface area contributed by atoms with Crippen molar-refractivity contribution in [3.8, 4) is 0 Å². The van der Waals surface area contributed by atoms with Gasteiger partial charge < -0.3 is 9.52 Å². The van der Waals surface area contributed by atoms with Crippen LogP contribution in [0.15, 0.2) is 27.4 Å². The van der Waals surface area contributed by atoms with E-state index in [-0.39, 0.29) is 12.3 Å². The molecule has 0 saturated carbocycles. The van der Waals surface area contributed by atoms with E-state index in [2.05, 4.69) is 17.1 Å². The molecule has 2 heterocycles. The van der Waals surface area contributed by atoms with Crippen LogP contribution in [0.5, 0.6) is 0 Å². The summed E-state index contributed by atoms with van der Waals surface area (Å²) in [6.07, 6.45) is 2.65. The second kappa shape index (κ2) is 6.99. The van der Waals surface area contributed by atoms with Gasteiger partial charge in [-0.15, -0.1) is 5.10 Å². The molecule has 0 amide bonds. The summed E-state index contributed by atoms with van der Waals surface area (Å²) in [6, 6.07) is 5.61. The molecule has 0 unspecified atom stereocenters. The van der Waals surface area contributed by atoms with Crippen LogP contribution in [0.2, 0.25) is 0 Å². The first-order chi connectivity index (χ1) is 12.4. The fourth-order valence-corrected chi connectivity index (χ4v) is 3.14. The summed E-state index contributed by atoms with van der Waals surface area (Å²) in [7, 11) is 0. The van der Waals surface area contributed by atoms with E-state index in [9.17, 15) is 19.5 Å². The van der Waals surface area contributed by atoms with Crippen LogP contribution in [-0.2, 0) is 17.6 Å². The number of nitrogens with one attached hydrogen (secondary N) is 1. The van der Waals surface area contributed by atoms with Gasteiger partial charge in [0, 0.05) is 11.1 Å². The van der Waals surface area contributed by atoms with Crippen LogP contribution in [0.1, 0.15) is 47.3 Å². The second-order valence-electron chi connectivity index (χ2n) is 6.21. The molecule has 8 heteroatoms. The molecule has 0 aliphatic rings. The fourth-order valence-electron chi connectivity index (χ4n) is 3.14. The SMILES string of the molecule is CCCCc1cc(CC(=O)O)c2c(c1)cc(C)n2C(=O)c1n[nH]c(=O)o1. The minimum absolute atomic E-state index is 0.211. The van der Waals surface area contributed by atoms with Crippen molar-refractivity contribution in [3.05, 3.63) is 51.5 Å². The Balaban J connectivity index is 2.19. The van der Waals surface area contributed by atoms with Crippen LogP contribution < -0.4 is 5.76 Å². The molecule has 0 atom stereocenters. The number of aromatic amines is 1. The van der Waals surface area contributed by atoms with Crippen LogP contribution in [0, 0.1) is 6.92 Å². The molecule has 3 rings (SSSR count). The van der Waals surface area contributed by atoms with E-state index in [1.54, 1.807) is 6.92 Å². The van der Waals surface area contributed by atoms with E-state index < -0.39 is 17.6 Å². The third-order valence-electron chi connectivity index (χ3n) is 4.20. The third kappa shape index (κ3) is 3.30. The molecule has 136 valence electrons. The minimum Gasteiger partial charge on any atom is -0.481 e. The zero-order chi connectivity index (χ0) is 18.8. The number of carboxylic acids is 1. The lowest BCUT2D eigenvalue weighted by Crippen LogP contribution is -2.15. The van der Waals surface area contributed by atoms with Gasteiger partial charge >= 0.3 is 23.5 Å². The van der Waals surface area contributed by atoms with Crippen molar-refractivity contribution in [2.45, 2.75) is 39.5 Å². The number of aliphatic carboxylic acids is 1. The number of benzene rings is 1. The molecular weight excluding hydrogens is 338 g/mol. The molecule has 0 spiro atoms. The van der Waals surface area contributed by atoms with Gasteiger partial charge in [0.1, 0.15) is 0 Å². The van der Waals surface area contributed by atoms with Gasteiger partial charge in [-0.3, -0.25) is 14.2 Å². The van der Waals surface area contributed by atoms with Gasteiger partial charge in [-0.05, 0) is 43.0 Å². The van der Waals surface area contributed by atoms with Gasteiger partial charge in [0.05, 0.1) is 11.9 Å². The first-order valence-corrected chi connectivity index (χ1v) is 8.36. The quantitative estimate of drug-likeness (QED) is 0.699. The van der Waals surface area contributed by atoms with Crippen molar-refractivity contribution in [2.24, 2.45) is 0 Å². The monoisotopic (exact) mass is 357 g/mol. The highest BCUT2D eigenvalue weighted by molar-refractivity contribution is 6.02. The fraction of sp³-hybridized carbons (Fsp3) is 0.333. The maximum atomic E-state index is 12.8. The summed E-state index contributed by atoms with van der Waals surface area (Å²) in [5.74, 6) is -2.80. The number of rotatable bonds is 6. The van der Waals surface area contributed by atoms with E-state index >= 15 is 0 Å². The summed E-state index contributed by atoms with van der Waals surface area (Å²) in [5.41, 5.74) is 2.68. The number of hydrogen-bond donors (Lipinski definition) is 2. The molecule has 1 aromatic carbocycles. The predicted octanol–water partition coefficient (Wildman–Crippen LogP) is 2.28. The van der Waals surface area contributed by atoms with Gasteiger partial charge in [0.2, 0.25) is 0 Å². The summed E-state index contributed by atoms with van der Waals surface area (Å²) in [4.78, 5) is 35.2. The van der Waals surface area contributed by atoms with E-state index in [1.807, 2.05) is 18.2 Å². The summed E-state index contributed by atoms with van der Waals surface area (Å²) < 4.78 is 6.11. The summed E-state index contributed by atoms with van der Waals surface area (Å²) in [5, 5.41) is 15.7. The number of aryl methyl sites for hydroxylation is 2. The standard InChI is InChI=1S/C18H19N3O5/c1-3-4-5-11-7-12-6-10(2)21(15(12)13(8-11)9-14(22)23)17(24)16-19-20-18(25)26-16/h6-8H,3-5,9H2,1-2H3,(H,20,25)(H,22,23). The molecule has 26 heavy (non-hydrogen) atoms. The Morgan fingerprint density at radius 2 is 2.08 bits per heavy atom. The predicted molar refractivity (Wildman–Crippen MR) is 93.5 cm³/mol. The maximum absolute atomic E-state index is 12.8. The Kier molecular flexibility index (Phi) is 4.75. The average Bonchev–Trinajstić information content (AvgIpc) is 3.14. The highest BCUT2D eigenvalue weighted by Crippen LogP contribution is 2.27. The number of aromatic nitrogens is 3. The minimum atomic E-state index is -0.983. The number of hydrogen-bond acceptors (Lipinski definition) is 5. The van der Waals surface area contributed by atoms with Crippen molar-refractivity contribution < 1.29 is 19.1 Å². The largest absolute Gasteiger partial charge is 0.481 e. The summed E-state index contributed by atoms with van der Waals surface area (Å²) >= 11 is 0. The Morgan fingerprint density at radius 1 is 1.31 bits per heavy atom. The molecule has 2 aromatic heterocycles. The number of nitrogens with zero attached hydrogens (tertiary/aromatic N) is 2.